The minimum absolute atomic E-state index is 0.170. The molecule has 0 spiro atoms. The first-order chi connectivity index (χ1) is 17.2. The third-order valence-electron chi connectivity index (χ3n) is 5.84. The van der Waals surface area contributed by atoms with Crippen molar-refractivity contribution in [3.8, 4) is 11.5 Å². The maximum Gasteiger partial charge on any atom is 0.285 e. The number of amides is 2. The molecule has 9 heteroatoms. The second kappa shape index (κ2) is 10.6. The van der Waals surface area contributed by atoms with E-state index in [1.54, 1.807) is 24.3 Å². The van der Waals surface area contributed by atoms with Crippen molar-refractivity contribution in [2.24, 2.45) is 0 Å². The molecule has 0 radical (unpaired) electrons. The Kier molecular flexibility index (Phi) is 7.51. The molecule has 1 N–H and O–H groups in total. The van der Waals surface area contributed by atoms with E-state index in [-0.39, 0.29) is 18.4 Å². The highest BCUT2D eigenvalue weighted by molar-refractivity contribution is 8.27. The summed E-state index contributed by atoms with van der Waals surface area (Å²) in [5, 5.41) is 4.35. The Bertz CT molecular complexity index is 1370. The summed E-state index contributed by atoms with van der Waals surface area (Å²) in [6.45, 7) is 7.71. The molecule has 1 aliphatic heterocycles. The van der Waals surface area contributed by atoms with Crippen LogP contribution in [0.5, 0.6) is 11.5 Å². The van der Waals surface area contributed by atoms with E-state index in [9.17, 15) is 9.59 Å². The average Bonchev–Trinajstić information content (AvgIpc) is 3.31. The molecule has 2 heterocycles. The fourth-order valence-corrected chi connectivity index (χ4v) is 5.05. The molecule has 2 aromatic carbocycles. The van der Waals surface area contributed by atoms with E-state index in [2.05, 4.69) is 5.32 Å². The van der Waals surface area contributed by atoms with Crippen molar-refractivity contribution < 1.29 is 19.1 Å². The van der Waals surface area contributed by atoms with Gasteiger partial charge in [0, 0.05) is 17.1 Å². The molecule has 0 aliphatic carbocycles. The number of aryl methyl sites for hydroxylation is 4. The summed E-state index contributed by atoms with van der Waals surface area (Å²) in [7, 11) is 1.53. The van der Waals surface area contributed by atoms with Crippen molar-refractivity contribution in [3.05, 3.63) is 81.5 Å². The first-order valence-corrected chi connectivity index (χ1v) is 12.5. The normalized spacial score (nSPS) is 14.5. The lowest BCUT2D eigenvalue weighted by Crippen LogP contribution is -2.39. The van der Waals surface area contributed by atoms with Gasteiger partial charge in [-0.2, -0.15) is 5.01 Å². The van der Waals surface area contributed by atoms with Gasteiger partial charge in [0.1, 0.15) is 0 Å². The molecule has 0 bridgehead atoms. The van der Waals surface area contributed by atoms with Gasteiger partial charge >= 0.3 is 0 Å². The molecule has 1 saturated heterocycles. The Labute approximate surface area is 220 Å². The molecule has 0 unspecified atom stereocenters. The molecule has 7 nitrogen and oxygen atoms in total. The molecule has 186 valence electrons. The molecule has 4 rings (SSSR count). The molecule has 1 fully saturated rings. The van der Waals surface area contributed by atoms with Crippen LogP contribution in [0.3, 0.4) is 0 Å². The van der Waals surface area contributed by atoms with E-state index in [1.165, 1.54) is 23.9 Å². The fraction of sp³-hybridized carbons (Fsp3) is 0.222. The molecule has 1 aliphatic rings. The quantitative estimate of drug-likeness (QED) is 0.337. The smallest absolute Gasteiger partial charge is 0.285 e. The van der Waals surface area contributed by atoms with E-state index in [1.807, 2.05) is 62.7 Å². The highest BCUT2D eigenvalue weighted by Gasteiger charge is 2.34. The zero-order valence-electron chi connectivity index (χ0n) is 20.7. The van der Waals surface area contributed by atoms with E-state index in [4.69, 9.17) is 21.7 Å². The van der Waals surface area contributed by atoms with Gasteiger partial charge in [0.25, 0.3) is 11.8 Å². The minimum atomic E-state index is -0.274. The van der Waals surface area contributed by atoms with Crippen molar-refractivity contribution in [2.75, 3.05) is 24.0 Å². The van der Waals surface area contributed by atoms with Crippen LogP contribution in [-0.2, 0) is 9.59 Å². The Morgan fingerprint density at radius 3 is 2.39 bits per heavy atom. The predicted octanol–water partition coefficient (Wildman–Crippen LogP) is 5.29. The van der Waals surface area contributed by atoms with E-state index in [0.717, 1.165) is 33.8 Å². The zero-order valence-corrected chi connectivity index (χ0v) is 22.4. The Morgan fingerprint density at radius 1 is 1.00 bits per heavy atom. The lowest BCUT2D eigenvalue weighted by molar-refractivity contribution is -0.118. The zero-order chi connectivity index (χ0) is 26.0. The van der Waals surface area contributed by atoms with Gasteiger partial charge in [-0.15, -0.1) is 0 Å². The number of benzene rings is 2. The van der Waals surface area contributed by atoms with Crippen LogP contribution in [0.15, 0.2) is 53.4 Å². The molecule has 3 aromatic rings. The van der Waals surface area contributed by atoms with E-state index >= 15 is 0 Å². The third-order valence-corrected chi connectivity index (χ3v) is 7.13. The molecule has 36 heavy (non-hydrogen) atoms. The minimum Gasteiger partial charge on any atom is -0.493 e. The number of anilines is 1. The number of carbonyl (C=O) groups is 2. The first kappa shape index (κ1) is 25.5. The summed E-state index contributed by atoms with van der Waals surface area (Å²) in [4.78, 5) is 26.0. The lowest BCUT2D eigenvalue weighted by Gasteiger charge is -2.20. The van der Waals surface area contributed by atoms with Gasteiger partial charge in [0.15, 0.2) is 22.4 Å². The van der Waals surface area contributed by atoms with Crippen LogP contribution in [0.1, 0.15) is 28.1 Å². The number of methoxy groups -OCH3 is 1. The number of carbonyl (C=O) groups excluding carboxylic acids is 2. The van der Waals surface area contributed by atoms with Crippen LogP contribution in [-0.4, -0.2) is 34.5 Å². The van der Waals surface area contributed by atoms with Gasteiger partial charge in [-0.05, 0) is 99.1 Å². The number of thioether (sulfide) groups is 1. The Morgan fingerprint density at radius 2 is 1.72 bits per heavy atom. The van der Waals surface area contributed by atoms with Gasteiger partial charge in [-0.25, -0.2) is 0 Å². The fourth-order valence-electron chi connectivity index (χ4n) is 3.81. The van der Waals surface area contributed by atoms with Crippen LogP contribution in [0.4, 0.5) is 5.69 Å². The van der Waals surface area contributed by atoms with Crippen molar-refractivity contribution in [2.45, 2.75) is 27.7 Å². The largest absolute Gasteiger partial charge is 0.493 e. The van der Waals surface area contributed by atoms with Crippen LogP contribution in [0.2, 0.25) is 0 Å². The van der Waals surface area contributed by atoms with Gasteiger partial charge in [-0.1, -0.05) is 23.9 Å². The maximum absolute atomic E-state index is 13.1. The number of aromatic nitrogens is 1. The number of nitrogens with one attached hydrogen (secondary N) is 1. The summed E-state index contributed by atoms with van der Waals surface area (Å²) in [5.41, 5.74) is 5.58. The van der Waals surface area contributed by atoms with Gasteiger partial charge < -0.3 is 14.8 Å². The second-order valence-corrected chi connectivity index (χ2v) is 10.1. The summed E-state index contributed by atoms with van der Waals surface area (Å²) >= 11 is 6.74. The predicted molar refractivity (Wildman–Crippen MR) is 148 cm³/mol. The van der Waals surface area contributed by atoms with Gasteiger partial charge in [0.05, 0.1) is 12.0 Å². The monoisotopic (exact) mass is 521 g/mol. The van der Waals surface area contributed by atoms with Crippen LogP contribution in [0, 0.1) is 27.7 Å². The highest BCUT2D eigenvalue weighted by atomic mass is 32.2. The highest BCUT2D eigenvalue weighted by Crippen LogP contribution is 2.35. The summed E-state index contributed by atoms with van der Waals surface area (Å²) in [5.74, 6) is 0.421. The van der Waals surface area contributed by atoms with Crippen molar-refractivity contribution in [1.29, 1.82) is 0 Å². The molecule has 2 amide bonds. The van der Waals surface area contributed by atoms with Crippen molar-refractivity contribution >= 4 is 51.9 Å². The molecule has 1 aromatic heterocycles. The van der Waals surface area contributed by atoms with Crippen molar-refractivity contribution in [1.82, 2.24) is 4.68 Å². The summed E-state index contributed by atoms with van der Waals surface area (Å²) < 4.78 is 13.5. The number of hydrogen-bond donors (Lipinski definition) is 1. The number of ether oxygens (including phenoxy) is 2. The topological polar surface area (TPSA) is 72.8 Å². The molecular weight excluding hydrogens is 494 g/mol. The first-order valence-electron chi connectivity index (χ1n) is 11.3. The summed E-state index contributed by atoms with van der Waals surface area (Å²) in [6.07, 6.45) is 1.77. The van der Waals surface area contributed by atoms with Crippen LogP contribution >= 0.6 is 24.0 Å². The molecule has 0 saturated carbocycles. The van der Waals surface area contributed by atoms with Gasteiger partial charge in [0.2, 0.25) is 0 Å². The summed E-state index contributed by atoms with van der Waals surface area (Å²) in [6, 6.07) is 14.9. The van der Waals surface area contributed by atoms with Gasteiger partial charge in [-0.3, -0.25) is 14.3 Å². The molecular formula is C27H27N3O4S2. The Balaban J connectivity index is 1.46. The standard InChI is InChI=1S/C27H27N3O4S2/c1-16-6-10-21(12-17(16)2)28-25(31)15-34-22-11-9-20(13-23(22)33-5)14-24-26(32)30(27(35)36-24)29-18(3)7-8-19(29)4/h6-14H,15H2,1-5H3,(H,28,31)/b24-14-. The Hall–Kier alpha value is -3.56. The van der Waals surface area contributed by atoms with Crippen molar-refractivity contribution in [3.63, 3.8) is 0 Å². The maximum atomic E-state index is 13.1. The lowest BCUT2D eigenvalue weighted by atomic mass is 10.1. The SMILES string of the molecule is COc1cc(/C=C2\SC(=S)N(n3c(C)ccc3C)C2=O)ccc1OCC(=O)Nc1ccc(C)c(C)c1. The molecule has 0 atom stereocenters. The van der Waals surface area contributed by atoms with Crippen LogP contribution < -0.4 is 19.8 Å². The number of thiocarbonyl (C=S) groups is 1. The average molecular weight is 522 g/mol. The van der Waals surface area contributed by atoms with E-state index < -0.39 is 0 Å². The number of hydrogen-bond acceptors (Lipinski definition) is 6. The second-order valence-electron chi connectivity index (χ2n) is 8.47. The van der Waals surface area contributed by atoms with E-state index in [0.29, 0.717) is 20.7 Å². The third kappa shape index (κ3) is 5.32. The number of rotatable bonds is 7. The number of nitrogens with zero attached hydrogens (tertiary/aromatic N) is 2. The van der Waals surface area contributed by atoms with Crippen LogP contribution in [0.25, 0.3) is 6.08 Å².